The first-order valence-corrected chi connectivity index (χ1v) is 10.4. The minimum absolute atomic E-state index is 0.0396. The van der Waals surface area contributed by atoms with Gasteiger partial charge in [0, 0.05) is 18.1 Å². The van der Waals surface area contributed by atoms with Gasteiger partial charge in [-0.2, -0.15) is 26.3 Å². The van der Waals surface area contributed by atoms with Crippen LogP contribution in [0.5, 0.6) is 0 Å². The summed E-state index contributed by atoms with van der Waals surface area (Å²) in [5.74, 6) is -5.27. The second kappa shape index (κ2) is 9.14. The van der Waals surface area contributed by atoms with Crippen molar-refractivity contribution in [1.82, 2.24) is 9.96 Å². The van der Waals surface area contributed by atoms with Gasteiger partial charge in [0.2, 0.25) is 0 Å². The predicted molar refractivity (Wildman–Crippen MR) is 105 cm³/mol. The Morgan fingerprint density at radius 2 is 1.64 bits per heavy atom. The number of quaternary nitrogens is 1. The molecule has 2 aromatic rings. The van der Waals surface area contributed by atoms with Crippen LogP contribution in [0, 0.1) is 0 Å². The van der Waals surface area contributed by atoms with E-state index in [9.17, 15) is 40.7 Å². The van der Waals surface area contributed by atoms with Crippen molar-refractivity contribution in [1.29, 1.82) is 0 Å². The Bertz CT molecular complexity index is 1070. The standard InChI is InChI=1S/C20H16F6N2O4S/c21-19(22,23)16(29)14-7-8-15(33-14)17(30)27-9-11-28(32-18(31)20(24,25)26)10-3-5-12-4-1-2-6-13(12)28/h1-2,4,6-8H,3,5,9-11H2/p+1. The molecule has 3 rings (SSSR count). The van der Waals surface area contributed by atoms with E-state index in [0.717, 1.165) is 12.1 Å². The normalized spacial score (nSPS) is 18.4. The van der Waals surface area contributed by atoms with Gasteiger partial charge in [0.05, 0.1) is 16.3 Å². The first-order valence-electron chi connectivity index (χ1n) is 9.59. The molecule has 1 aliphatic rings. The van der Waals surface area contributed by atoms with Gasteiger partial charge in [0.1, 0.15) is 13.1 Å². The smallest absolute Gasteiger partial charge is 0.346 e. The first kappa shape index (κ1) is 24.7. The number of carbonyl (C=O) groups excluding carboxylic acids is 3. The molecule has 0 fully saturated rings. The molecule has 1 N–H and O–H groups in total. The van der Waals surface area contributed by atoms with Crippen LogP contribution in [0.2, 0.25) is 0 Å². The van der Waals surface area contributed by atoms with E-state index in [4.69, 9.17) is 4.84 Å². The number of aryl methyl sites for hydroxylation is 1. The number of halogens is 6. The number of Topliss-reactive ketones (excluding diaryl/α,β-unsaturated/α-hetero) is 1. The van der Waals surface area contributed by atoms with Crippen molar-refractivity contribution >= 4 is 34.7 Å². The molecule has 0 saturated heterocycles. The molecule has 13 heteroatoms. The van der Waals surface area contributed by atoms with Crippen LogP contribution in [0.4, 0.5) is 32.0 Å². The highest BCUT2D eigenvalue weighted by Crippen LogP contribution is 2.35. The number of carbonyl (C=O) groups is 3. The molecule has 1 aromatic carbocycles. The van der Waals surface area contributed by atoms with Gasteiger partial charge in [-0.3, -0.25) is 14.4 Å². The summed E-state index contributed by atoms with van der Waals surface area (Å²) in [6, 6.07) is 8.43. The molecule has 33 heavy (non-hydrogen) atoms. The molecular formula is C20H17F6N2O4S+. The average molecular weight is 495 g/mol. The van der Waals surface area contributed by atoms with E-state index in [-0.39, 0.29) is 24.5 Å². The molecule has 1 unspecified atom stereocenters. The van der Waals surface area contributed by atoms with Crippen molar-refractivity contribution in [2.45, 2.75) is 25.2 Å². The van der Waals surface area contributed by atoms with Gasteiger partial charge in [-0.1, -0.05) is 22.8 Å². The molecule has 0 saturated carbocycles. The van der Waals surface area contributed by atoms with E-state index in [2.05, 4.69) is 5.32 Å². The number of benzene rings is 1. The fourth-order valence-corrected chi connectivity index (χ4v) is 4.39. The molecule has 2 heterocycles. The zero-order valence-electron chi connectivity index (χ0n) is 16.8. The molecule has 1 atom stereocenters. The van der Waals surface area contributed by atoms with E-state index in [0.29, 0.717) is 35.4 Å². The van der Waals surface area contributed by atoms with E-state index < -0.39 is 39.5 Å². The molecular weight excluding hydrogens is 478 g/mol. The third kappa shape index (κ3) is 5.53. The Kier molecular flexibility index (Phi) is 6.84. The van der Waals surface area contributed by atoms with Crippen LogP contribution in [0.3, 0.4) is 0 Å². The molecule has 178 valence electrons. The van der Waals surface area contributed by atoms with Gasteiger partial charge in [-0.25, -0.2) is 4.79 Å². The van der Waals surface area contributed by atoms with E-state index >= 15 is 0 Å². The Morgan fingerprint density at radius 3 is 2.30 bits per heavy atom. The number of hydrogen-bond donors (Lipinski definition) is 1. The lowest BCUT2D eigenvalue weighted by molar-refractivity contribution is -0.235. The molecule has 1 amide bonds. The minimum Gasteiger partial charge on any atom is -0.346 e. The number of nitrogens with zero attached hydrogens (tertiary/aromatic N) is 1. The van der Waals surface area contributed by atoms with Crippen molar-refractivity contribution in [3.05, 3.63) is 51.7 Å². The Labute approximate surface area is 187 Å². The van der Waals surface area contributed by atoms with Crippen molar-refractivity contribution in [3.63, 3.8) is 0 Å². The molecule has 0 radical (unpaired) electrons. The Morgan fingerprint density at radius 1 is 0.970 bits per heavy atom. The maximum absolute atomic E-state index is 12.9. The summed E-state index contributed by atoms with van der Waals surface area (Å²) in [6.45, 7) is -0.457. The van der Waals surface area contributed by atoms with Gasteiger partial charge in [-0.15, -0.1) is 11.3 Å². The Balaban J connectivity index is 1.75. The predicted octanol–water partition coefficient (Wildman–Crippen LogP) is 4.20. The lowest BCUT2D eigenvalue weighted by Crippen LogP contribution is -2.58. The number of hydrogen-bond acceptors (Lipinski definition) is 5. The second-order valence-corrected chi connectivity index (χ2v) is 8.28. The van der Waals surface area contributed by atoms with Crippen LogP contribution < -0.4 is 9.96 Å². The minimum atomic E-state index is -5.22. The third-order valence-electron chi connectivity index (χ3n) is 4.95. The van der Waals surface area contributed by atoms with Crippen molar-refractivity contribution < 1.29 is 45.6 Å². The van der Waals surface area contributed by atoms with Crippen LogP contribution in [0.15, 0.2) is 36.4 Å². The number of alkyl halides is 6. The molecule has 0 spiro atoms. The number of thiophene rings is 1. The summed E-state index contributed by atoms with van der Waals surface area (Å²) in [7, 11) is 0. The van der Waals surface area contributed by atoms with E-state index in [1.54, 1.807) is 18.2 Å². The number of nitrogens with one attached hydrogen (secondary N) is 1. The highest BCUT2D eigenvalue weighted by Gasteiger charge is 2.50. The third-order valence-corrected chi connectivity index (χ3v) is 6.04. The average Bonchev–Trinajstić information content (AvgIpc) is 3.22. The zero-order valence-corrected chi connectivity index (χ0v) is 17.6. The summed E-state index contributed by atoms with van der Waals surface area (Å²) in [4.78, 5) is 39.3. The summed E-state index contributed by atoms with van der Waals surface area (Å²) in [6.07, 6.45) is -9.32. The second-order valence-electron chi connectivity index (χ2n) is 7.19. The van der Waals surface area contributed by atoms with Gasteiger partial charge in [0.15, 0.2) is 5.69 Å². The maximum atomic E-state index is 12.9. The van der Waals surface area contributed by atoms with Crippen LogP contribution in [0.25, 0.3) is 0 Å². The monoisotopic (exact) mass is 495 g/mol. The number of hydroxylamine groups is 2. The SMILES string of the molecule is O=C(NCC[N+]1(OC(=O)C(F)(F)F)CCCc2ccccc21)c1ccc(C(=O)C(F)(F)F)s1. The fourth-order valence-electron chi connectivity index (χ4n) is 3.51. The largest absolute Gasteiger partial charge is 0.497 e. The molecule has 1 aromatic heterocycles. The Hall–Kier alpha value is -2.93. The van der Waals surface area contributed by atoms with E-state index in [1.165, 1.54) is 6.07 Å². The molecule has 6 nitrogen and oxygen atoms in total. The quantitative estimate of drug-likeness (QED) is 0.371. The van der Waals surface area contributed by atoms with Gasteiger partial charge < -0.3 is 5.32 Å². The van der Waals surface area contributed by atoms with Crippen molar-refractivity contribution in [2.24, 2.45) is 0 Å². The lowest BCUT2D eigenvalue weighted by atomic mass is 10.0. The fraction of sp³-hybridized carbons (Fsp3) is 0.350. The number of fused-ring (bicyclic) bond motifs is 1. The van der Waals surface area contributed by atoms with Crippen LogP contribution in [-0.2, 0) is 16.1 Å². The first-order chi connectivity index (χ1) is 15.3. The highest BCUT2D eigenvalue weighted by atomic mass is 32.1. The zero-order chi connectivity index (χ0) is 24.4. The summed E-state index contributed by atoms with van der Waals surface area (Å²) >= 11 is 0.343. The number of amides is 1. The summed E-state index contributed by atoms with van der Waals surface area (Å²) in [5.41, 5.74) is 1.04. The summed E-state index contributed by atoms with van der Waals surface area (Å²) in [5, 5.41) is 2.40. The molecule has 1 aliphatic heterocycles. The van der Waals surface area contributed by atoms with Crippen LogP contribution >= 0.6 is 11.3 Å². The summed E-state index contributed by atoms with van der Waals surface area (Å²) < 4.78 is 75.6. The lowest BCUT2D eigenvalue weighted by Gasteiger charge is -2.38. The van der Waals surface area contributed by atoms with Crippen molar-refractivity contribution in [2.75, 3.05) is 19.6 Å². The number of rotatable bonds is 6. The van der Waals surface area contributed by atoms with Crippen molar-refractivity contribution in [3.8, 4) is 0 Å². The highest BCUT2D eigenvalue weighted by molar-refractivity contribution is 7.16. The van der Waals surface area contributed by atoms with Gasteiger partial charge in [-0.05, 0) is 18.6 Å². The molecule has 0 aliphatic carbocycles. The molecule has 0 bridgehead atoms. The number of para-hydroxylation sites is 1. The van der Waals surface area contributed by atoms with Crippen LogP contribution in [0.1, 0.15) is 31.3 Å². The van der Waals surface area contributed by atoms with Gasteiger partial charge >= 0.3 is 18.3 Å². The van der Waals surface area contributed by atoms with E-state index in [1.807, 2.05) is 0 Å². The number of ketones is 1. The topological polar surface area (TPSA) is 72.5 Å². The van der Waals surface area contributed by atoms with Gasteiger partial charge in [0.25, 0.3) is 11.7 Å². The maximum Gasteiger partial charge on any atom is 0.497 e. The van der Waals surface area contributed by atoms with Crippen LogP contribution in [-0.4, -0.2) is 49.6 Å².